The molecule has 2 aromatic carbocycles. The smallest absolute Gasteiger partial charge is 0.355 e. The van der Waals surface area contributed by atoms with Crippen LogP contribution in [-0.2, 0) is 32.1 Å². The van der Waals surface area contributed by atoms with E-state index in [2.05, 4.69) is 5.10 Å². The van der Waals surface area contributed by atoms with Crippen molar-refractivity contribution in [3.05, 3.63) is 71.8 Å². The number of ether oxygens (including phenoxy) is 1. The maximum Gasteiger partial charge on any atom is 0.355 e. The fourth-order valence-electron chi connectivity index (χ4n) is 3.12. The standard InChI is InChI=1S/C23H25N3O4/c1-25-21(27)13-12-20(24-25)23(29)30-17-22(28)26(16-19-10-6-3-7-11-19)15-14-18-8-4-2-5-9-18/h2-11H,12-17H2,1H3. The predicted octanol–water partition coefficient (Wildman–Crippen LogP) is 2.41. The first-order valence-electron chi connectivity index (χ1n) is 9.89. The molecule has 7 heteroatoms. The number of hydrogen-bond acceptors (Lipinski definition) is 5. The van der Waals surface area contributed by atoms with Gasteiger partial charge in [-0.25, -0.2) is 9.80 Å². The Bertz CT molecular complexity index is 913. The molecule has 0 N–H and O–H groups in total. The summed E-state index contributed by atoms with van der Waals surface area (Å²) in [7, 11) is 1.49. The Hall–Kier alpha value is -3.48. The van der Waals surface area contributed by atoms with E-state index in [1.165, 1.54) is 7.05 Å². The first kappa shape index (κ1) is 21.2. The molecule has 0 saturated carbocycles. The fourth-order valence-corrected chi connectivity index (χ4v) is 3.12. The maximum absolute atomic E-state index is 12.8. The lowest BCUT2D eigenvalue weighted by atomic mass is 10.1. The Morgan fingerprint density at radius 1 is 1.00 bits per heavy atom. The predicted molar refractivity (Wildman–Crippen MR) is 112 cm³/mol. The van der Waals surface area contributed by atoms with Crippen molar-refractivity contribution in [3.8, 4) is 0 Å². The molecule has 0 saturated heterocycles. The first-order valence-corrected chi connectivity index (χ1v) is 9.89. The Labute approximate surface area is 175 Å². The van der Waals surface area contributed by atoms with Gasteiger partial charge in [-0.3, -0.25) is 9.59 Å². The summed E-state index contributed by atoms with van der Waals surface area (Å²) in [6.07, 6.45) is 1.13. The average molecular weight is 407 g/mol. The van der Waals surface area contributed by atoms with E-state index >= 15 is 0 Å². The van der Waals surface area contributed by atoms with Crippen molar-refractivity contribution in [3.63, 3.8) is 0 Å². The quantitative estimate of drug-likeness (QED) is 0.630. The highest BCUT2D eigenvalue weighted by molar-refractivity contribution is 6.37. The minimum absolute atomic E-state index is 0.155. The Morgan fingerprint density at radius 3 is 2.27 bits per heavy atom. The Morgan fingerprint density at radius 2 is 1.63 bits per heavy atom. The van der Waals surface area contributed by atoms with Gasteiger partial charge in [0.1, 0.15) is 5.71 Å². The zero-order chi connectivity index (χ0) is 21.3. The number of benzene rings is 2. The second kappa shape index (κ2) is 10.3. The second-order valence-electron chi connectivity index (χ2n) is 7.08. The highest BCUT2D eigenvalue weighted by Gasteiger charge is 2.24. The maximum atomic E-state index is 12.8. The third-order valence-corrected chi connectivity index (χ3v) is 4.85. The zero-order valence-corrected chi connectivity index (χ0v) is 17.0. The highest BCUT2D eigenvalue weighted by atomic mass is 16.5. The van der Waals surface area contributed by atoms with E-state index in [0.29, 0.717) is 19.5 Å². The molecule has 7 nitrogen and oxygen atoms in total. The molecule has 0 radical (unpaired) electrons. The minimum Gasteiger partial charge on any atom is -0.451 e. The zero-order valence-electron chi connectivity index (χ0n) is 17.0. The van der Waals surface area contributed by atoms with E-state index in [0.717, 1.165) is 16.1 Å². The third kappa shape index (κ3) is 6.01. The summed E-state index contributed by atoms with van der Waals surface area (Å²) in [5.74, 6) is -1.09. The van der Waals surface area contributed by atoms with E-state index in [-0.39, 0.29) is 37.0 Å². The molecule has 156 valence electrons. The number of carbonyl (C=O) groups excluding carboxylic acids is 3. The summed E-state index contributed by atoms with van der Waals surface area (Å²) in [4.78, 5) is 38.2. The van der Waals surface area contributed by atoms with Gasteiger partial charge in [-0.15, -0.1) is 0 Å². The Kier molecular flexibility index (Phi) is 7.32. The van der Waals surface area contributed by atoms with Crippen LogP contribution in [0.2, 0.25) is 0 Å². The van der Waals surface area contributed by atoms with Crippen LogP contribution in [0.4, 0.5) is 0 Å². The summed E-state index contributed by atoms with van der Waals surface area (Å²) in [6.45, 7) is 0.576. The topological polar surface area (TPSA) is 79.3 Å². The number of hydrazone groups is 1. The second-order valence-corrected chi connectivity index (χ2v) is 7.08. The molecular formula is C23H25N3O4. The fraction of sp³-hybridized carbons (Fsp3) is 0.304. The van der Waals surface area contributed by atoms with Gasteiger partial charge in [0.25, 0.3) is 5.91 Å². The SMILES string of the molecule is CN1N=C(C(=O)OCC(=O)N(CCc2ccccc2)Cc2ccccc2)CCC1=O. The summed E-state index contributed by atoms with van der Waals surface area (Å²) < 4.78 is 5.20. The molecule has 0 atom stereocenters. The number of esters is 1. The van der Waals surface area contributed by atoms with Gasteiger partial charge in [0.2, 0.25) is 5.91 Å². The molecule has 1 aliphatic heterocycles. The molecular weight excluding hydrogens is 382 g/mol. The van der Waals surface area contributed by atoms with Gasteiger partial charge < -0.3 is 9.64 Å². The molecule has 0 bridgehead atoms. The molecule has 3 rings (SSSR count). The molecule has 1 aliphatic rings. The van der Waals surface area contributed by atoms with Crippen molar-refractivity contribution in [2.24, 2.45) is 5.10 Å². The van der Waals surface area contributed by atoms with Crippen molar-refractivity contribution in [1.29, 1.82) is 0 Å². The van der Waals surface area contributed by atoms with Crippen molar-refractivity contribution in [1.82, 2.24) is 9.91 Å². The molecule has 0 fully saturated rings. The van der Waals surface area contributed by atoms with Crippen LogP contribution in [0, 0.1) is 0 Å². The van der Waals surface area contributed by atoms with Crippen LogP contribution in [0.5, 0.6) is 0 Å². The molecule has 0 aromatic heterocycles. The number of nitrogens with zero attached hydrogens (tertiary/aromatic N) is 3. The van der Waals surface area contributed by atoms with Gasteiger partial charge in [-0.1, -0.05) is 60.7 Å². The number of hydrogen-bond donors (Lipinski definition) is 0. The van der Waals surface area contributed by atoms with Gasteiger partial charge in [0.15, 0.2) is 6.61 Å². The van der Waals surface area contributed by atoms with Crippen LogP contribution in [0.25, 0.3) is 0 Å². The van der Waals surface area contributed by atoms with E-state index < -0.39 is 5.97 Å². The molecule has 2 aromatic rings. The van der Waals surface area contributed by atoms with E-state index in [1.54, 1.807) is 4.90 Å². The van der Waals surface area contributed by atoms with Crippen molar-refractivity contribution in [2.45, 2.75) is 25.8 Å². The van der Waals surface area contributed by atoms with Crippen LogP contribution in [0.1, 0.15) is 24.0 Å². The summed E-state index contributed by atoms with van der Waals surface area (Å²) in [5, 5.41) is 5.06. The molecule has 0 spiro atoms. The van der Waals surface area contributed by atoms with Crippen LogP contribution in [0.15, 0.2) is 65.8 Å². The van der Waals surface area contributed by atoms with Gasteiger partial charge in [0, 0.05) is 33.0 Å². The van der Waals surface area contributed by atoms with E-state index in [9.17, 15) is 14.4 Å². The molecule has 0 aliphatic carbocycles. The lowest BCUT2D eigenvalue weighted by molar-refractivity contribution is -0.147. The van der Waals surface area contributed by atoms with Gasteiger partial charge >= 0.3 is 5.97 Å². The lowest BCUT2D eigenvalue weighted by Crippen LogP contribution is -2.37. The van der Waals surface area contributed by atoms with Crippen LogP contribution >= 0.6 is 0 Å². The van der Waals surface area contributed by atoms with Crippen LogP contribution in [0.3, 0.4) is 0 Å². The van der Waals surface area contributed by atoms with Gasteiger partial charge in [-0.05, 0) is 17.5 Å². The summed E-state index contributed by atoms with van der Waals surface area (Å²) >= 11 is 0. The minimum atomic E-state index is -0.662. The monoisotopic (exact) mass is 407 g/mol. The summed E-state index contributed by atoms with van der Waals surface area (Å²) in [6, 6.07) is 19.6. The molecule has 2 amide bonds. The van der Waals surface area contributed by atoms with Crippen LogP contribution in [-0.4, -0.2) is 53.6 Å². The van der Waals surface area contributed by atoms with Crippen molar-refractivity contribution in [2.75, 3.05) is 20.2 Å². The van der Waals surface area contributed by atoms with E-state index in [4.69, 9.17) is 4.74 Å². The largest absolute Gasteiger partial charge is 0.451 e. The lowest BCUT2D eigenvalue weighted by Gasteiger charge is -2.23. The average Bonchev–Trinajstić information content (AvgIpc) is 2.78. The number of amides is 2. The highest BCUT2D eigenvalue weighted by Crippen LogP contribution is 2.10. The van der Waals surface area contributed by atoms with Crippen molar-refractivity contribution < 1.29 is 19.1 Å². The summed E-state index contributed by atoms with van der Waals surface area (Å²) in [5.41, 5.74) is 2.29. The van der Waals surface area contributed by atoms with E-state index in [1.807, 2.05) is 60.7 Å². The molecule has 0 unspecified atom stereocenters. The van der Waals surface area contributed by atoms with Crippen molar-refractivity contribution >= 4 is 23.5 Å². The van der Waals surface area contributed by atoms with Gasteiger partial charge in [0.05, 0.1) is 0 Å². The Balaban J connectivity index is 1.61. The normalized spacial score (nSPS) is 13.6. The molecule has 30 heavy (non-hydrogen) atoms. The third-order valence-electron chi connectivity index (χ3n) is 4.85. The van der Waals surface area contributed by atoms with Gasteiger partial charge in [-0.2, -0.15) is 5.10 Å². The molecule has 1 heterocycles. The first-order chi connectivity index (χ1) is 14.5. The number of rotatable bonds is 8. The van der Waals surface area contributed by atoms with Crippen LogP contribution < -0.4 is 0 Å². The number of carbonyl (C=O) groups is 3.